The van der Waals surface area contributed by atoms with E-state index in [0.29, 0.717) is 12.2 Å². The highest BCUT2D eigenvalue weighted by molar-refractivity contribution is 5.94. The highest BCUT2D eigenvalue weighted by Gasteiger charge is 2.12. The predicted octanol–water partition coefficient (Wildman–Crippen LogP) is 1.22. The van der Waals surface area contributed by atoms with Gasteiger partial charge in [0.2, 0.25) is 5.91 Å². The lowest BCUT2D eigenvalue weighted by molar-refractivity contribution is -0.117. The Morgan fingerprint density at radius 3 is 3.05 bits per heavy atom. The molecule has 0 spiro atoms. The van der Waals surface area contributed by atoms with Crippen molar-refractivity contribution in [2.75, 3.05) is 5.32 Å². The number of hydrogen-bond acceptors (Lipinski definition) is 3. The highest BCUT2D eigenvalue weighted by atomic mass is 16.2. The van der Waals surface area contributed by atoms with Crippen LogP contribution in [-0.2, 0) is 11.3 Å². The van der Waals surface area contributed by atoms with E-state index < -0.39 is 6.04 Å². The molecule has 0 bridgehead atoms. The van der Waals surface area contributed by atoms with Gasteiger partial charge in [0.25, 0.3) is 0 Å². The van der Waals surface area contributed by atoms with Gasteiger partial charge in [0, 0.05) is 24.5 Å². The minimum absolute atomic E-state index is 0.221. The summed E-state index contributed by atoms with van der Waals surface area (Å²) in [5.41, 5.74) is 7.39. The van der Waals surface area contributed by atoms with E-state index in [1.165, 1.54) is 0 Å². The normalized spacial score (nSPS) is 11.6. The lowest BCUT2D eigenvalue weighted by Gasteiger charge is -2.11. The second kappa shape index (κ2) is 6.55. The number of benzene rings is 1. The molecule has 20 heavy (non-hydrogen) atoms. The molecule has 1 amide bonds. The Bertz CT molecular complexity index is 613. The van der Waals surface area contributed by atoms with Crippen LogP contribution < -0.4 is 11.1 Å². The molecule has 1 aromatic heterocycles. The Hall–Kier alpha value is -2.58. The van der Waals surface area contributed by atoms with Crippen LogP contribution in [0.1, 0.15) is 12.0 Å². The van der Waals surface area contributed by atoms with Crippen molar-refractivity contribution in [3.63, 3.8) is 0 Å². The Labute approximate surface area is 117 Å². The SMILES string of the molecule is C#CCC(N)C(=O)Nc1cccc(Cn2cccn2)c1. The van der Waals surface area contributed by atoms with Crippen LogP contribution in [0.25, 0.3) is 0 Å². The van der Waals surface area contributed by atoms with Gasteiger partial charge in [-0.1, -0.05) is 12.1 Å². The molecule has 0 saturated carbocycles. The summed E-state index contributed by atoms with van der Waals surface area (Å²) in [6.07, 6.45) is 8.97. The highest BCUT2D eigenvalue weighted by Crippen LogP contribution is 2.12. The molecule has 0 aliphatic heterocycles. The topological polar surface area (TPSA) is 72.9 Å². The van der Waals surface area contributed by atoms with Crippen molar-refractivity contribution in [2.24, 2.45) is 5.73 Å². The van der Waals surface area contributed by atoms with Crippen molar-refractivity contribution in [1.82, 2.24) is 9.78 Å². The Balaban J connectivity index is 2.03. The summed E-state index contributed by atoms with van der Waals surface area (Å²) < 4.78 is 1.81. The van der Waals surface area contributed by atoms with Gasteiger partial charge in [0.15, 0.2) is 0 Å². The Kier molecular flexibility index (Phi) is 4.53. The maximum atomic E-state index is 11.8. The van der Waals surface area contributed by atoms with Gasteiger partial charge in [-0.25, -0.2) is 0 Å². The second-order valence-electron chi connectivity index (χ2n) is 4.41. The standard InChI is InChI=1S/C15H16N4O/c1-2-5-14(16)15(20)18-13-7-3-6-12(10-13)11-19-9-4-8-17-19/h1,3-4,6-10,14H,5,11,16H2,(H,18,20). The number of nitrogens with two attached hydrogens (primary N) is 1. The molecule has 102 valence electrons. The maximum absolute atomic E-state index is 11.8. The maximum Gasteiger partial charge on any atom is 0.242 e. The zero-order chi connectivity index (χ0) is 14.4. The molecule has 1 atom stereocenters. The van der Waals surface area contributed by atoms with Gasteiger partial charge in [0.05, 0.1) is 12.6 Å². The van der Waals surface area contributed by atoms with Crippen molar-refractivity contribution in [1.29, 1.82) is 0 Å². The molecule has 3 N–H and O–H groups in total. The number of nitrogens with one attached hydrogen (secondary N) is 1. The zero-order valence-corrected chi connectivity index (χ0v) is 11.0. The minimum Gasteiger partial charge on any atom is -0.325 e. The van der Waals surface area contributed by atoms with E-state index >= 15 is 0 Å². The number of carbonyl (C=O) groups is 1. The smallest absolute Gasteiger partial charge is 0.242 e. The molecule has 1 unspecified atom stereocenters. The van der Waals surface area contributed by atoms with Gasteiger partial charge < -0.3 is 11.1 Å². The fraction of sp³-hybridized carbons (Fsp3) is 0.200. The van der Waals surface area contributed by atoms with Crippen LogP contribution in [0.5, 0.6) is 0 Å². The summed E-state index contributed by atoms with van der Waals surface area (Å²) in [5, 5.41) is 6.90. The van der Waals surface area contributed by atoms with E-state index in [4.69, 9.17) is 12.2 Å². The summed E-state index contributed by atoms with van der Waals surface area (Å²) >= 11 is 0. The second-order valence-corrected chi connectivity index (χ2v) is 4.41. The molecule has 5 heteroatoms. The Morgan fingerprint density at radius 2 is 2.35 bits per heavy atom. The minimum atomic E-state index is -0.685. The van der Waals surface area contributed by atoms with Gasteiger partial charge in [-0.05, 0) is 23.8 Å². The first-order valence-electron chi connectivity index (χ1n) is 6.25. The third-order valence-corrected chi connectivity index (χ3v) is 2.77. The van der Waals surface area contributed by atoms with Crippen LogP contribution in [-0.4, -0.2) is 21.7 Å². The molecule has 0 aliphatic carbocycles. The lowest BCUT2D eigenvalue weighted by Crippen LogP contribution is -2.35. The first-order chi connectivity index (χ1) is 9.69. The van der Waals surface area contributed by atoms with E-state index in [1.54, 1.807) is 6.20 Å². The third kappa shape index (κ3) is 3.70. The van der Waals surface area contributed by atoms with Crippen molar-refractivity contribution in [3.05, 3.63) is 48.3 Å². The molecule has 1 heterocycles. The average Bonchev–Trinajstić information content (AvgIpc) is 2.92. The summed E-state index contributed by atoms with van der Waals surface area (Å²) in [5.74, 6) is 2.10. The van der Waals surface area contributed by atoms with Crippen molar-refractivity contribution in [2.45, 2.75) is 19.0 Å². The molecule has 0 radical (unpaired) electrons. The number of rotatable bonds is 5. The molecule has 0 saturated heterocycles. The quantitative estimate of drug-likeness (QED) is 0.801. The van der Waals surface area contributed by atoms with Gasteiger partial charge in [-0.15, -0.1) is 12.3 Å². The van der Waals surface area contributed by atoms with Crippen LogP contribution in [0.2, 0.25) is 0 Å². The summed E-state index contributed by atoms with van der Waals surface area (Å²) in [4.78, 5) is 11.8. The molecule has 5 nitrogen and oxygen atoms in total. The number of aromatic nitrogens is 2. The number of anilines is 1. The van der Waals surface area contributed by atoms with Gasteiger partial charge in [0.1, 0.15) is 0 Å². The lowest BCUT2D eigenvalue weighted by atomic mass is 10.1. The van der Waals surface area contributed by atoms with E-state index in [-0.39, 0.29) is 12.3 Å². The van der Waals surface area contributed by atoms with Crippen molar-refractivity contribution >= 4 is 11.6 Å². The largest absolute Gasteiger partial charge is 0.325 e. The summed E-state index contributed by atoms with van der Waals surface area (Å²) in [7, 11) is 0. The van der Waals surface area contributed by atoms with Gasteiger partial charge in [-0.3, -0.25) is 9.48 Å². The molecule has 2 rings (SSSR count). The number of amides is 1. The first-order valence-corrected chi connectivity index (χ1v) is 6.25. The predicted molar refractivity (Wildman–Crippen MR) is 77.8 cm³/mol. The van der Waals surface area contributed by atoms with Crippen molar-refractivity contribution in [3.8, 4) is 12.3 Å². The van der Waals surface area contributed by atoms with Crippen LogP contribution in [0.3, 0.4) is 0 Å². The molecular formula is C15H16N4O. The number of carbonyl (C=O) groups excluding carboxylic acids is 1. The summed E-state index contributed by atoms with van der Waals surface area (Å²) in [6.45, 7) is 0.646. The van der Waals surface area contributed by atoms with Crippen LogP contribution in [0.4, 0.5) is 5.69 Å². The molecule has 2 aromatic rings. The van der Waals surface area contributed by atoms with Crippen LogP contribution >= 0.6 is 0 Å². The molecule has 1 aromatic carbocycles. The third-order valence-electron chi connectivity index (χ3n) is 2.77. The van der Waals surface area contributed by atoms with E-state index in [2.05, 4.69) is 16.3 Å². The average molecular weight is 268 g/mol. The zero-order valence-electron chi connectivity index (χ0n) is 11.0. The fourth-order valence-electron chi connectivity index (χ4n) is 1.78. The van der Waals surface area contributed by atoms with Gasteiger partial charge in [-0.2, -0.15) is 5.10 Å². The summed E-state index contributed by atoms with van der Waals surface area (Å²) in [6, 6.07) is 8.73. The van der Waals surface area contributed by atoms with E-state index in [1.807, 2.05) is 41.2 Å². The number of nitrogens with zero attached hydrogens (tertiary/aromatic N) is 2. The number of terminal acetylenes is 1. The molecule has 0 aliphatic rings. The molecular weight excluding hydrogens is 252 g/mol. The van der Waals surface area contributed by atoms with Crippen LogP contribution in [0.15, 0.2) is 42.7 Å². The fourth-order valence-corrected chi connectivity index (χ4v) is 1.78. The van der Waals surface area contributed by atoms with Crippen molar-refractivity contribution < 1.29 is 4.79 Å². The number of hydrogen-bond donors (Lipinski definition) is 2. The monoisotopic (exact) mass is 268 g/mol. The Morgan fingerprint density at radius 1 is 1.50 bits per heavy atom. The van der Waals surface area contributed by atoms with Gasteiger partial charge >= 0.3 is 0 Å². The molecule has 0 fully saturated rings. The van der Waals surface area contributed by atoms with Crippen LogP contribution in [0, 0.1) is 12.3 Å². The van der Waals surface area contributed by atoms with E-state index in [0.717, 1.165) is 5.56 Å². The van der Waals surface area contributed by atoms with E-state index in [9.17, 15) is 4.79 Å². The first kappa shape index (κ1) is 13.8.